The lowest BCUT2D eigenvalue weighted by atomic mass is 9.68. The van der Waals surface area contributed by atoms with Crippen LogP contribution in [0.3, 0.4) is 0 Å². The minimum atomic E-state index is -0.629. The first-order valence-corrected chi connectivity index (χ1v) is 14.2. The Morgan fingerprint density at radius 1 is 1.14 bits per heavy atom. The molecule has 37 heavy (non-hydrogen) atoms. The van der Waals surface area contributed by atoms with Crippen LogP contribution in [0.4, 0.5) is 5.13 Å². The van der Waals surface area contributed by atoms with Crippen LogP contribution < -0.4 is 10.6 Å². The molecule has 2 aromatic carbocycles. The van der Waals surface area contributed by atoms with Gasteiger partial charge in [0.15, 0.2) is 10.1 Å². The van der Waals surface area contributed by atoms with Gasteiger partial charge < -0.3 is 5.73 Å². The molecule has 0 fully saturated rings. The van der Waals surface area contributed by atoms with Crippen LogP contribution in [0.2, 0.25) is 10.0 Å². The number of anilines is 1. The highest BCUT2D eigenvalue weighted by atomic mass is 35.5. The molecule has 3 aromatic rings. The maximum atomic E-state index is 13.6. The summed E-state index contributed by atoms with van der Waals surface area (Å²) in [5.74, 6) is 0.238. The molecule has 10 heteroatoms. The van der Waals surface area contributed by atoms with Gasteiger partial charge in [0.05, 0.1) is 17.6 Å². The molecule has 5 rings (SSSR count). The van der Waals surface area contributed by atoms with Crippen molar-refractivity contribution in [2.45, 2.75) is 42.7 Å². The van der Waals surface area contributed by atoms with Crippen LogP contribution in [-0.4, -0.2) is 16.0 Å². The number of ketones is 1. The third-order valence-corrected chi connectivity index (χ3v) is 9.30. The van der Waals surface area contributed by atoms with Crippen molar-refractivity contribution in [1.29, 1.82) is 5.26 Å². The van der Waals surface area contributed by atoms with Crippen LogP contribution in [0.1, 0.15) is 43.7 Å². The van der Waals surface area contributed by atoms with Crippen molar-refractivity contribution in [1.82, 2.24) is 10.2 Å². The number of hydrogen-bond acceptors (Lipinski definition) is 8. The number of nitriles is 1. The molecule has 1 unspecified atom stereocenters. The number of allylic oxidation sites excluding steroid dienone is 3. The molecule has 0 bridgehead atoms. The maximum Gasteiger partial charge on any atom is 0.219 e. The first kappa shape index (κ1) is 25.8. The average molecular weight is 569 g/mol. The number of aromatic nitrogens is 2. The Labute approximate surface area is 233 Å². The number of benzene rings is 2. The maximum absolute atomic E-state index is 13.6. The van der Waals surface area contributed by atoms with Gasteiger partial charge in [-0.25, -0.2) is 0 Å². The fraction of sp³-hybridized carbons (Fsp3) is 0.259. The van der Waals surface area contributed by atoms with Gasteiger partial charge in [-0.2, -0.15) is 5.26 Å². The number of Topliss-reactive ketones (excluding diaryl/α,β-unsaturated/α-hetero) is 1. The van der Waals surface area contributed by atoms with Gasteiger partial charge in [0.2, 0.25) is 5.13 Å². The third-order valence-electron chi connectivity index (χ3n) is 6.49. The molecular weight excluding hydrogens is 545 g/mol. The zero-order chi connectivity index (χ0) is 26.3. The second kappa shape index (κ2) is 10.1. The molecule has 1 aromatic heterocycles. The zero-order valence-corrected chi connectivity index (χ0v) is 23.3. The van der Waals surface area contributed by atoms with Crippen LogP contribution in [0.25, 0.3) is 0 Å². The van der Waals surface area contributed by atoms with Crippen LogP contribution in [0.5, 0.6) is 0 Å². The number of nitrogens with zero attached hydrogens (tertiary/aromatic N) is 4. The molecular formula is C27H23Cl2N5OS2. The Bertz CT molecular complexity index is 1500. The summed E-state index contributed by atoms with van der Waals surface area (Å²) in [6.07, 6.45) is 0.963. The van der Waals surface area contributed by atoms with E-state index in [9.17, 15) is 10.1 Å². The largest absolute Gasteiger partial charge is 0.384 e. The Hall–Kier alpha value is -2.83. The molecule has 1 aliphatic carbocycles. The number of nitrogens with two attached hydrogens (primary N) is 1. The molecule has 2 N–H and O–H groups in total. The third kappa shape index (κ3) is 4.89. The number of rotatable bonds is 5. The predicted octanol–water partition coefficient (Wildman–Crippen LogP) is 7.08. The van der Waals surface area contributed by atoms with Crippen LogP contribution >= 0.6 is 46.3 Å². The number of thioether (sulfide) groups is 1. The standard InChI is InChI=1S/C27H23Cl2N5OS2/c1-27(2)11-20-23(21(35)12-27)22(16-8-4-6-10-19(16)29)17(13-30)24(31)34(20)25-32-33-26(37-25)36-14-15-7-3-5-9-18(15)28/h3-10,22H,11-12,14,31H2,1-2H3. The van der Waals surface area contributed by atoms with Crippen LogP contribution in [0, 0.1) is 16.7 Å². The van der Waals surface area contributed by atoms with Crippen molar-refractivity contribution in [2.75, 3.05) is 4.90 Å². The lowest BCUT2D eigenvalue weighted by Gasteiger charge is -2.42. The van der Waals surface area contributed by atoms with Crippen LogP contribution in [0.15, 0.2) is 75.5 Å². The molecule has 188 valence electrons. The fourth-order valence-corrected chi connectivity index (χ4v) is 7.26. The zero-order valence-electron chi connectivity index (χ0n) is 20.2. The molecule has 6 nitrogen and oxygen atoms in total. The van der Waals surface area contributed by atoms with Crippen molar-refractivity contribution in [3.8, 4) is 6.07 Å². The molecule has 2 heterocycles. The lowest BCUT2D eigenvalue weighted by molar-refractivity contribution is -0.118. The number of carbonyl (C=O) groups excluding carboxylic acids is 1. The van der Waals surface area contributed by atoms with E-state index in [1.807, 2.05) is 42.5 Å². The molecule has 2 aliphatic rings. The van der Waals surface area contributed by atoms with E-state index in [4.69, 9.17) is 28.9 Å². The van der Waals surface area contributed by atoms with E-state index >= 15 is 0 Å². The average Bonchev–Trinajstić information content (AvgIpc) is 3.31. The summed E-state index contributed by atoms with van der Waals surface area (Å²) in [7, 11) is 0. The molecule has 0 saturated heterocycles. The van der Waals surface area contributed by atoms with Gasteiger partial charge >= 0.3 is 0 Å². The highest BCUT2D eigenvalue weighted by molar-refractivity contribution is 8.00. The summed E-state index contributed by atoms with van der Waals surface area (Å²) >= 11 is 15.8. The number of carbonyl (C=O) groups is 1. The van der Waals surface area contributed by atoms with Gasteiger partial charge in [0.25, 0.3) is 0 Å². The lowest BCUT2D eigenvalue weighted by Crippen LogP contribution is -2.42. The monoisotopic (exact) mass is 567 g/mol. The first-order chi connectivity index (χ1) is 17.7. The Kier molecular flexibility index (Phi) is 7.08. The topological polar surface area (TPSA) is 95.9 Å². The quantitative estimate of drug-likeness (QED) is 0.329. The van der Waals surface area contributed by atoms with E-state index in [2.05, 4.69) is 30.1 Å². The van der Waals surface area contributed by atoms with E-state index in [1.54, 1.807) is 11.0 Å². The highest BCUT2D eigenvalue weighted by Crippen LogP contribution is 2.51. The summed E-state index contributed by atoms with van der Waals surface area (Å²) in [4.78, 5) is 15.4. The normalized spacial score (nSPS) is 19.2. The highest BCUT2D eigenvalue weighted by Gasteiger charge is 2.45. The van der Waals surface area contributed by atoms with Crippen molar-refractivity contribution in [3.05, 3.63) is 92.4 Å². The number of halogens is 2. The minimum absolute atomic E-state index is 0.0146. The van der Waals surface area contributed by atoms with Crippen molar-refractivity contribution in [3.63, 3.8) is 0 Å². The predicted molar refractivity (Wildman–Crippen MR) is 149 cm³/mol. The van der Waals surface area contributed by atoms with Gasteiger partial charge in [-0.05, 0) is 35.1 Å². The Morgan fingerprint density at radius 3 is 2.54 bits per heavy atom. The van der Waals surface area contributed by atoms with Crippen molar-refractivity contribution >= 4 is 57.2 Å². The summed E-state index contributed by atoms with van der Waals surface area (Å²) in [5, 5.41) is 20.7. The van der Waals surface area contributed by atoms with Crippen molar-refractivity contribution in [2.24, 2.45) is 11.1 Å². The molecule has 1 aliphatic heterocycles. The summed E-state index contributed by atoms with van der Waals surface area (Å²) < 4.78 is 0.734. The Morgan fingerprint density at radius 2 is 1.84 bits per heavy atom. The summed E-state index contributed by atoms with van der Waals surface area (Å²) in [5.41, 5.74) is 9.68. The summed E-state index contributed by atoms with van der Waals surface area (Å²) in [6, 6.07) is 17.2. The number of hydrogen-bond donors (Lipinski definition) is 1. The van der Waals surface area contributed by atoms with Gasteiger partial charge in [0, 0.05) is 33.5 Å². The van der Waals surface area contributed by atoms with E-state index < -0.39 is 5.92 Å². The van der Waals surface area contributed by atoms with E-state index in [1.165, 1.54) is 23.1 Å². The second-order valence-corrected chi connectivity index (χ2v) is 12.7. The minimum Gasteiger partial charge on any atom is -0.384 e. The fourth-order valence-electron chi connectivity index (χ4n) is 4.85. The van der Waals surface area contributed by atoms with E-state index in [0.717, 1.165) is 15.6 Å². The molecule has 0 saturated carbocycles. The first-order valence-electron chi connectivity index (χ1n) is 11.6. The van der Waals surface area contributed by atoms with E-state index in [-0.39, 0.29) is 22.6 Å². The van der Waals surface area contributed by atoms with Gasteiger partial charge in [-0.15, -0.1) is 10.2 Å². The smallest absolute Gasteiger partial charge is 0.219 e. The van der Waals surface area contributed by atoms with Crippen LogP contribution in [-0.2, 0) is 10.5 Å². The van der Waals surface area contributed by atoms with Gasteiger partial charge in [-0.1, -0.05) is 96.5 Å². The van der Waals surface area contributed by atoms with Crippen molar-refractivity contribution < 1.29 is 4.79 Å². The summed E-state index contributed by atoms with van der Waals surface area (Å²) in [6.45, 7) is 4.12. The molecule has 0 amide bonds. The SMILES string of the molecule is CC1(C)CC(=O)C2=C(C1)N(c1nnc(SCc3ccccc3Cl)s1)C(N)=C(C#N)C2c1ccccc1Cl. The molecule has 0 radical (unpaired) electrons. The Balaban J connectivity index is 1.59. The van der Waals surface area contributed by atoms with E-state index in [0.29, 0.717) is 44.9 Å². The molecule has 0 spiro atoms. The van der Waals surface area contributed by atoms with Gasteiger partial charge in [-0.3, -0.25) is 9.69 Å². The molecule has 1 atom stereocenters. The van der Waals surface area contributed by atoms with Gasteiger partial charge in [0.1, 0.15) is 5.82 Å². The second-order valence-electron chi connectivity index (χ2n) is 9.73.